The Labute approximate surface area is 62.9 Å². The van der Waals surface area contributed by atoms with Crippen LogP contribution in [0.1, 0.15) is 20.3 Å². The first kappa shape index (κ1) is 9.88. The zero-order valence-electron chi connectivity index (χ0n) is 6.89. The van der Waals surface area contributed by atoms with Crippen LogP contribution >= 0.6 is 0 Å². The fraction of sp³-hybridized carbons (Fsp3) is 1.00. The Bertz CT molecular complexity index is 68.6. The molecule has 0 aromatic heterocycles. The van der Waals surface area contributed by atoms with Crippen molar-refractivity contribution in [1.82, 2.24) is 5.32 Å². The fourth-order valence-electron chi connectivity index (χ4n) is 0.690. The van der Waals surface area contributed by atoms with E-state index in [1.165, 1.54) is 0 Å². The molecule has 0 aromatic rings. The van der Waals surface area contributed by atoms with E-state index in [0.29, 0.717) is 6.54 Å². The zero-order valence-corrected chi connectivity index (χ0v) is 6.89. The highest BCUT2D eigenvalue weighted by Crippen LogP contribution is 1.86. The Morgan fingerprint density at radius 1 is 1.60 bits per heavy atom. The fourth-order valence-corrected chi connectivity index (χ4v) is 0.690. The molecule has 3 heteroatoms. The lowest BCUT2D eigenvalue weighted by Crippen LogP contribution is -2.29. The van der Waals surface area contributed by atoms with Gasteiger partial charge >= 0.3 is 0 Å². The molecule has 1 atom stereocenters. The van der Waals surface area contributed by atoms with Crippen LogP contribution in [0.4, 0.5) is 0 Å². The SMILES string of the molecule is CCNC(C)OCCCN. The van der Waals surface area contributed by atoms with Crippen LogP contribution < -0.4 is 11.1 Å². The Morgan fingerprint density at radius 2 is 2.30 bits per heavy atom. The van der Waals surface area contributed by atoms with Gasteiger partial charge in [-0.1, -0.05) is 6.92 Å². The van der Waals surface area contributed by atoms with Crippen LogP contribution in [0, 0.1) is 0 Å². The zero-order chi connectivity index (χ0) is 7.82. The van der Waals surface area contributed by atoms with Crippen molar-refractivity contribution in [2.24, 2.45) is 5.73 Å². The highest BCUT2D eigenvalue weighted by Gasteiger charge is 1.96. The average Bonchev–Trinajstić information content (AvgIpc) is 1.89. The minimum absolute atomic E-state index is 0.163. The van der Waals surface area contributed by atoms with Crippen molar-refractivity contribution in [2.45, 2.75) is 26.5 Å². The van der Waals surface area contributed by atoms with Crippen molar-refractivity contribution in [1.29, 1.82) is 0 Å². The second kappa shape index (κ2) is 6.99. The second-order valence-electron chi connectivity index (χ2n) is 2.21. The molecular formula is C7H18N2O. The van der Waals surface area contributed by atoms with Crippen LogP contribution in [0.5, 0.6) is 0 Å². The van der Waals surface area contributed by atoms with E-state index in [-0.39, 0.29) is 6.23 Å². The predicted molar refractivity (Wildman–Crippen MR) is 42.8 cm³/mol. The van der Waals surface area contributed by atoms with E-state index in [1.54, 1.807) is 0 Å². The first-order valence-corrected chi connectivity index (χ1v) is 3.86. The van der Waals surface area contributed by atoms with Gasteiger partial charge in [-0.15, -0.1) is 0 Å². The van der Waals surface area contributed by atoms with Gasteiger partial charge in [-0.25, -0.2) is 0 Å². The standard InChI is InChI=1S/C7H18N2O/c1-3-9-7(2)10-6-4-5-8/h7,9H,3-6,8H2,1-2H3. The molecule has 0 saturated heterocycles. The van der Waals surface area contributed by atoms with Gasteiger partial charge in [0.05, 0.1) is 0 Å². The molecule has 0 saturated carbocycles. The van der Waals surface area contributed by atoms with Gasteiger partial charge in [-0.3, -0.25) is 5.32 Å². The Kier molecular flexibility index (Phi) is 6.91. The summed E-state index contributed by atoms with van der Waals surface area (Å²) in [6.07, 6.45) is 1.10. The highest BCUT2D eigenvalue weighted by molar-refractivity contribution is 4.44. The largest absolute Gasteiger partial charge is 0.364 e. The maximum atomic E-state index is 5.33. The van der Waals surface area contributed by atoms with E-state index in [4.69, 9.17) is 10.5 Å². The van der Waals surface area contributed by atoms with Crippen molar-refractivity contribution in [3.8, 4) is 0 Å². The van der Waals surface area contributed by atoms with E-state index in [9.17, 15) is 0 Å². The summed E-state index contributed by atoms with van der Waals surface area (Å²) in [6, 6.07) is 0. The Morgan fingerprint density at radius 3 is 2.80 bits per heavy atom. The summed E-state index contributed by atoms with van der Waals surface area (Å²) in [4.78, 5) is 0. The smallest absolute Gasteiger partial charge is 0.105 e. The molecule has 0 aliphatic heterocycles. The first-order chi connectivity index (χ1) is 4.81. The number of hydrogen-bond acceptors (Lipinski definition) is 3. The van der Waals surface area contributed by atoms with Gasteiger partial charge < -0.3 is 10.5 Å². The summed E-state index contributed by atoms with van der Waals surface area (Å²) in [6.45, 7) is 6.47. The highest BCUT2D eigenvalue weighted by atomic mass is 16.5. The van der Waals surface area contributed by atoms with Crippen molar-refractivity contribution in [3.63, 3.8) is 0 Å². The predicted octanol–water partition coefficient (Wildman–Crippen LogP) is 0.307. The number of nitrogens with two attached hydrogens (primary N) is 1. The normalized spacial score (nSPS) is 13.5. The summed E-state index contributed by atoms with van der Waals surface area (Å²) in [5.41, 5.74) is 5.29. The lowest BCUT2D eigenvalue weighted by atomic mass is 10.5. The second-order valence-corrected chi connectivity index (χ2v) is 2.21. The number of ether oxygens (including phenoxy) is 1. The quantitative estimate of drug-likeness (QED) is 0.419. The molecule has 0 heterocycles. The molecule has 0 aromatic carbocycles. The summed E-state index contributed by atoms with van der Waals surface area (Å²) in [5.74, 6) is 0. The molecule has 0 rings (SSSR count). The third kappa shape index (κ3) is 6.01. The van der Waals surface area contributed by atoms with E-state index >= 15 is 0 Å². The van der Waals surface area contributed by atoms with Gasteiger partial charge in [0.1, 0.15) is 6.23 Å². The molecule has 0 bridgehead atoms. The topological polar surface area (TPSA) is 47.3 Å². The lowest BCUT2D eigenvalue weighted by molar-refractivity contribution is 0.0436. The van der Waals surface area contributed by atoms with Crippen molar-refractivity contribution in [2.75, 3.05) is 19.7 Å². The molecule has 10 heavy (non-hydrogen) atoms. The average molecular weight is 146 g/mol. The van der Waals surface area contributed by atoms with Gasteiger partial charge in [-0.2, -0.15) is 0 Å². The van der Waals surface area contributed by atoms with Gasteiger partial charge in [-0.05, 0) is 26.4 Å². The monoisotopic (exact) mass is 146 g/mol. The van der Waals surface area contributed by atoms with Gasteiger partial charge in [0.25, 0.3) is 0 Å². The van der Waals surface area contributed by atoms with Crippen LogP contribution in [-0.2, 0) is 4.74 Å². The minimum atomic E-state index is 0.163. The molecular weight excluding hydrogens is 128 g/mol. The van der Waals surface area contributed by atoms with E-state index in [0.717, 1.165) is 19.6 Å². The molecule has 0 fully saturated rings. The number of hydrogen-bond donors (Lipinski definition) is 2. The molecule has 0 spiro atoms. The van der Waals surface area contributed by atoms with Crippen molar-refractivity contribution >= 4 is 0 Å². The van der Waals surface area contributed by atoms with Crippen molar-refractivity contribution < 1.29 is 4.74 Å². The van der Waals surface area contributed by atoms with Gasteiger partial charge in [0, 0.05) is 6.61 Å². The summed E-state index contributed by atoms with van der Waals surface area (Å²) in [5, 5.41) is 3.14. The van der Waals surface area contributed by atoms with E-state index < -0.39 is 0 Å². The molecule has 0 amide bonds. The Balaban J connectivity index is 2.97. The van der Waals surface area contributed by atoms with Crippen LogP contribution in [-0.4, -0.2) is 25.9 Å². The Hall–Kier alpha value is -0.120. The van der Waals surface area contributed by atoms with Crippen LogP contribution in [0.3, 0.4) is 0 Å². The number of nitrogens with one attached hydrogen (secondary N) is 1. The van der Waals surface area contributed by atoms with Gasteiger partial charge in [0.2, 0.25) is 0 Å². The minimum Gasteiger partial charge on any atom is -0.364 e. The van der Waals surface area contributed by atoms with Crippen LogP contribution in [0.15, 0.2) is 0 Å². The third-order valence-electron chi connectivity index (χ3n) is 1.21. The first-order valence-electron chi connectivity index (χ1n) is 3.86. The van der Waals surface area contributed by atoms with E-state index in [1.807, 2.05) is 6.92 Å². The molecule has 1 unspecified atom stereocenters. The maximum absolute atomic E-state index is 5.33. The third-order valence-corrected chi connectivity index (χ3v) is 1.21. The summed E-state index contributed by atoms with van der Waals surface area (Å²) < 4.78 is 5.33. The van der Waals surface area contributed by atoms with Crippen molar-refractivity contribution in [3.05, 3.63) is 0 Å². The lowest BCUT2D eigenvalue weighted by Gasteiger charge is -2.12. The molecule has 0 radical (unpaired) electrons. The molecule has 0 aliphatic carbocycles. The molecule has 0 aliphatic rings. The summed E-state index contributed by atoms with van der Waals surface area (Å²) >= 11 is 0. The molecule has 3 N–H and O–H groups in total. The molecule has 62 valence electrons. The van der Waals surface area contributed by atoms with Crippen LogP contribution in [0.2, 0.25) is 0 Å². The summed E-state index contributed by atoms with van der Waals surface area (Å²) in [7, 11) is 0. The van der Waals surface area contributed by atoms with Gasteiger partial charge in [0.15, 0.2) is 0 Å². The number of rotatable bonds is 6. The van der Waals surface area contributed by atoms with E-state index in [2.05, 4.69) is 12.2 Å². The molecule has 3 nitrogen and oxygen atoms in total. The maximum Gasteiger partial charge on any atom is 0.105 e. The van der Waals surface area contributed by atoms with Crippen LogP contribution in [0.25, 0.3) is 0 Å².